The number of hydrogen-bond donors (Lipinski definition) is 1. The largest absolute Gasteiger partial charge is 0.241 e. The van der Waals surface area contributed by atoms with Gasteiger partial charge in [-0.25, -0.2) is 17.8 Å². The number of rotatable bonds is 5. The molecule has 0 spiro atoms. The molecule has 3 rings (SSSR count). The summed E-state index contributed by atoms with van der Waals surface area (Å²) in [4.78, 5) is 0.256. The highest BCUT2D eigenvalue weighted by Crippen LogP contribution is 2.15. The lowest BCUT2D eigenvalue weighted by atomic mass is 10.2. The Hall–Kier alpha value is -2.44. The van der Waals surface area contributed by atoms with Crippen LogP contribution in [0.3, 0.4) is 0 Å². The van der Waals surface area contributed by atoms with Gasteiger partial charge in [-0.05, 0) is 29.8 Å². The van der Waals surface area contributed by atoms with Crippen molar-refractivity contribution in [3.63, 3.8) is 0 Å². The lowest BCUT2D eigenvalue weighted by Gasteiger charge is -2.11. The van der Waals surface area contributed by atoms with Gasteiger partial charge in [0.2, 0.25) is 10.0 Å². The third-order valence-electron chi connectivity index (χ3n) is 3.25. The third kappa shape index (κ3) is 3.08. The van der Waals surface area contributed by atoms with Crippen molar-refractivity contribution in [1.82, 2.24) is 14.5 Å². The minimum atomic E-state index is -3.52. The summed E-state index contributed by atoms with van der Waals surface area (Å²) >= 11 is 0. The van der Waals surface area contributed by atoms with E-state index in [9.17, 15) is 8.42 Å². The van der Waals surface area contributed by atoms with E-state index >= 15 is 0 Å². The summed E-state index contributed by atoms with van der Waals surface area (Å²) in [5.74, 6) is 0. The van der Waals surface area contributed by atoms with Crippen molar-refractivity contribution in [2.45, 2.75) is 11.4 Å². The topological polar surface area (TPSA) is 64.0 Å². The van der Waals surface area contributed by atoms with Gasteiger partial charge in [-0.3, -0.25) is 0 Å². The number of aromatic nitrogens is 2. The molecule has 1 aromatic heterocycles. The van der Waals surface area contributed by atoms with Crippen molar-refractivity contribution in [1.29, 1.82) is 0 Å². The van der Waals surface area contributed by atoms with Gasteiger partial charge in [0.05, 0.1) is 10.6 Å². The Kier molecular flexibility index (Phi) is 4.04. The van der Waals surface area contributed by atoms with E-state index in [-0.39, 0.29) is 11.4 Å². The molecule has 0 atom stereocenters. The van der Waals surface area contributed by atoms with Crippen LogP contribution in [0.1, 0.15) is 5.56 Å². The first-order valence-electron chi connectivity index (χ1n) is 6.79. The first kappa shape index (κ1) is 14.5. The molecular formula is C16H15N3O2S. The highest BCUT2D eigenvalue weighted by Gasteiger charge is 2.14. The van der Waals surface area contributed by atoms with E-state index in [0.717, 1.165) is 11.3 Å². The molecule has 0 saturated carbocycles. The van der Waals surface area contributed by atoms with Gasteiger partial charge < -0.3 is 0 Å². The molecule has 112 valence electrons. The Balaban J connectivity index is 1.83. The van der Waals surface area contributed by atoms with Crippen molar-refractivity contribution in [2.24, 2.45) is 0 Å². The van der Waals surface area contributed by atoms with E-state index in [0.29, 0.717) is 0 Å². The van der Waals surface area contributed by atoms with Crippen LogP contribution in [0.5, 0.6) is 0 Å². The van der Waals surface area contributed by atoms with Gasteiger partial charge in [0.1, 0.15) is 0 Å². The molecule has 0 aliphatic rings. The predicted molar refractivity (Wildman–Crippen MR) is 84.0 cm³/mol. The summed E-state index contributed by atoms with van der Waals surface area (Å²) in [7, 11) is -3.52. The van der Waals surface area contributed by atoms with Gasteiger partial charge in [-0.2, -0.15) is 5.10 Å². The molecule has 0 radical (unpaired) electrons. The number of para-hydroxylation sites is 1. The Morgan fingerprint density at radius 3 is 2.41 bits per heavy atom. The minimum Gasteiger partial charge on any atom is -0.241 e. The van der Waals surface area contributed by atoms with Crippen LogP contribution >= 0.6 is 0 Å². The average molecular weight is 313 g/mol. The normalized spacial score (nSPS) is 11.5. The molecule has 0 amide bonds. The third-order valence-corrected chi connectivity index (χ3v) is 4.67. The second kappa shape index (κ2) is 6.13. The molecule has 1 N–H and O–H groups in total. The molecule has 22 heavy (non-hydrogen) atoms. The molecule has 0 aliphatic heterocycles. The maximum atomic E-state index is 12.3. The average Bonchev–Trinajstić information content (AvgIpc) is 3.08. The fraction of sp³-hybridized carbons (Fsp3) is 0.0625. The summed E-state index contributed by atoms with van der Waals surface area (Å²) < 4.78 is 28.9. The van der Waals surface area contributed by atoms with Crippen molar-refractivity contribution in [3.8, 4) is 5.69 Å². The number of sulfonamides is 1. The van der Waals surface area contributed by atoms with Gasteiger partial charge in [0.25, 0.3) is 0 Å². The molecule has 0 bridgehead atoms. The molecule has 0 saturated heterocycles. The maximum Gasteiger partial charge on any atom is 0.240 e. The zero-order valence-corrected chi connectivity index (χ0v) is 12.6. The van der Waals surface area contributed by atoms with Crippen LogP contribution in [0.4, 0.5) is 0 Å². The van der Waals surface area contributed by atoms with Crippen LogP contribution < -0.4 is 4.72 Å². The van der Waals surface area contributed by atoms with Crippen LogP contribution in [-0.2, 0) is 16.6 Å². The van der Waals surface area contributed by atoms with Gasteiger partial charge in [-0.1, -0.05) is 36.4 Å². The fourth-order valence-electron chi connectivity index (χ4n) is 2.15. The van der Waals surface area contributed by atoms with E-state index in [1.54, 1.807) is 41.2 Å². The SMILES string of the molecule is O=S(=O)(NCc1ccccc1-n1cccn1)c1ccccc1. The molecule has 2 aromatic carbocycles. The van der Waals surface area contributed by atoms with Crippen LogP contribution in [0, 0.1) is 0 Å². The van der Waals surface area contributed by atoms with Crippen molar-refractivity contribution >= 4 is 10.0 Å². The number of nitrogens with zero attached hydrogens (tertiary/aromatic N) is 2. The molecular weight excluding hydrogens is 298 g/mol. The highest BCUT2D eigenvalue weighted by molar-refractivity contribution is 7.89. The Morgan fingerprint density at radius 1 is 0.955 bits per heavy atom. The number of hydrogen-bond acceptors (Lipinski definition) is 3. The zero-order valence-electron chi connectivity index (χ0n) is 11.8. The van der Waals surface area contributed by atoms with E-state index in [4.69, 9.17) is 0 Å². The Bertz CT molecular complexity index is 844. The lowest BCUT2D eigenvalue weighted by molar-refractivity contribution is 0.581. The molecule has 0 unspecified atom stereocenters. The Morgan fingerprint density at radius 2 is 1.68 bits per heavy atom. The monoisotopic (exact) mass is 313 g/mol. The second-order valence-corrected chi connectivity index (χ2v) is 6.48. The molecule has 6 heteroatoms. The van der Waals surface area contributed by atoms with Gasteiger partial charge in [-0.15, -0.1) is 0 Å². The molecule has 3 aromatic rings. The van der Waals surface area contributed by atoms with E-state index in [1.807, 2.05) is 36.5 Å². The molecule has 1 heterocycles. The summed E-state index contributed by atoms with van der Waals surface area (Å²) in [5, 5.41) is 4.19. The smallest absolute Gasteiger partial charge is 0.240 e. The summed E-state index contributed by atoms with van der Waals surface area (Å²) in [6.07, 6.45) is 3.51. The highest BCUT2D eigenvalue weighted by atomic mass is 32.2. The quantitative estimate of drug-likeness (QED) is 0.786. The zero-order chi connectivity index (χ0) is 15.4. The predicted octanol–water partition coefficient (Wildman–Crippen LogP) is 2.35. The fourth-order valence-corrected chi connectivity index (χ4v) is 3.18. The first-order chi connectivity index (χ1) is 10.7. The van der Waals surface area contributed by atoms with E-state index in [2.05, 4.69) is 9.82 Å². The van der Waals surface area contributed by atoms with Crippen LogP contribution in [0.2, 0.25) is 0 Å². The van der Waals surface area contributed by atoms with Gasteiger partial charge in [0.15, 0.2) is 0 Å². The summed E-state index contributed by atoms with van der Waals surface area (Å²) in [6, 6.07) is 17.7. The minimum absolute atomic E-state index is 0.202. The number of benzene rings is 2. The number of nitrogens with one attached hydrogen (secondary N) is 1. The standard InChI is InChI=1S/C16H15N3O2S/c20-22(21,15-8-2-1-3-9-15)18-13-14-7-4-5-10-16(14)19-12-6-11-17-19/h1-12,18H,13H2. The maximum absolute atomic E-state index is 12.3. The molecule has 5 nitrogen and oxygen atoms in total. The van der Waals surface area contributed by atoms with Crippen molar-refractivity contribution in [3.05, 3.63) is 78.6 Å². The van der Waals surface area contributed by atoms with Crippen LogP contribution in [0.15, 0.2) is 78.0 Å². The van der Waals surface area contributed by atoms with E-state index in [1.165, 1.54) is 0 Å². The lowest BCUT2D eigenvalue weighted by Crippen LogP contribution is -2.23. The van der Waals surface area contributed by atoms with Crippen LogP contribution in [0.25, 0.3) is 5.69 Å². The Labute approximate surface area is 129 Å². The van der Waals surface area contributed by atoms with Crippen molar-refractivity contribution in [2.75, 3.05) is 0 Å². The summed E-state index contributed by atoms with van der Waals surface area (Å²) in [6.45, 7) is 0.202. The summed E-state index contributed by atoms with van der Waals surface area (Å²) in [5.41, 5.74) is 1.70. The van der Waals surface area contributed by atoms with Gasteiger partial charge in [0, 0.05) is 18.9 Å². The van der Waals surface area contributed by atoms with E-state index < -0.39 is 10.0 Å². The van der Waals surface area contributed by atoms with Gasteiger partial charge >= 0.3 is 0 Å². The van der Waals surface area contributed by atoms with Crippen LogP contribution in [-0.4, -0.2) is 18.2 Å². The second-order valence-electron chi connectivity index (χ2n) is 4.72. The molecule has 0 fully saturated rings. The molecule has 0 aliphatic carbocycles. The van der Waals surface area contributed by atoms with Crippen molar-refractivity contribution < 1.29 is 8.42 Å². The first-order valence-corrected chi connectivity index (χ1v) is 8.28.